The van der Waals surface area contributed by atoms with Gasteiger partial charge in [0, 0.05) is 29.5 Å². The Labute approximate surface area is 237 Å². The Morgan fingerprint density at radius 3 is 2.59 bits per heavy atom. The van der Waals surface area contributed by atoms with Crippen LogP contribution in [0.15, 0.2) is 75.5 Å². The van der Waals surface area contributed by atoms with Gasteiger partial charge in [-0.3, -0.25) is 9.59 Å². The molecule has 1 aliphatic carbocycles. The average Bonchev–Trinajstić information content (AvgIpc) is 3.65. The van der Waals surface area contributed by atoms with Gasteiger partial charge in [-0.15, -0.1) is 0 Å². The summed E-state index contributed by atoms with van der Waals surface area (Å²) in [5, 5.41) is 10.3. The van der Waals surface area contributed by atoms with Gasteiger partial charge in [0.25, 0.3) is 11.8 Å². The van der Waals surface area contributed by atoms with E-state index in [4.69, 9.17) is 8.94 Å². The molecule has 212 valence electrons. The topological polar surface area (TPSA) is 110 Å². The molecule has 4 aromatic rings. The molecule has 0 fully saturated rings. The summed E-state index contributed by atoms with van der Waals surface area (Å²) in [5.41, 5.74) is 3.39. The summed E-state index contributed by atoms with van der Waals surface area (Å²) in [6, 6.07) is 9.91. The van der Waals surface area contributed by atoms with E-state index in [9.17, 15) is 14.0 Å². The molecular weight excluding hydrogens is 523 g/mol. The first-order chi connectivity index (χ1) is 19.6. The van der Waals surface area contributed by atoms with Crippen LogP contribution >= 0.6 is 0 Å². The molecule has 0 spiro atoms. The van der Waals surface area contributed by atoms with E-state index in [1.807, 2.05) is 44.2 Å². The maximum Gasteiger partial charge on any atom is 0.255 e. The predicted molar refractivity (Wildman–Crippen MR) is 154 cm³/mol. The van der Waals surface area contributed by atoms with Crippen LogP contribution in [0.1, 0.15) is 79.7 Å². The number of amides is 2. The second kappa shape index (κ2) is 11.2. The number of benzene rings is 2. The first-order valence-electron chi connectivity index (χ1n) is 13.7. The number of halogens is 1. The lowest BCUT2D eigenvalue weighted by atomic mass is 9.81. The van der Waals surface area contributed by atoms with Crippen LogP contribution in [0.2, 0.25) is 0 Å². The van der Waals surface area contributed by atoms with Gasteiger partial charge < -0.3 is 19.6 Å². The molecule has 2 aromatic carbocycles. The van der Waals surface area contributed by atoms with Gasteiger partial charge in [0.2, 0.25) is 6.39 Å². The van der Waals surface area contributed by atoms with E-state index in [1.165, 1.54) is 18.5 Å². The molecule has 2 amide bonds. The van der Waals surface area contributed by atoms with Gasteiger partial charge >= 0.3 is 0 Å². The molecule has 41 heavy (non-hydrogen) atoms. The van der Waals surface area contributed by atoms with Crippen LogP contribution < -0.4 is 10.6 Å². The third kappa shape index (κ3) is 5.44. The maximum absolute atomic E-state index is 13.7. The summed E-state index contributed by atoms with van der Waals surface area (Å²) in [4.78, 5) is 30.6. The van der Waals surface area contributed by atoms with Crippen LogP contribution in [-0.4, -0.2) is 29.0 Å². The van der Waals surface area contributed by atoms with Crippen LogP contribution in [0.3, 0.4) is 0 Å². The van der Waals surface area contributed by atoms with Crippen molar-refractivity contribution in [1.82, 2.24) is 20.8 Å². The van der Waals surface area contributed by atoms with E-state index < -0.39 is 5.54 Å². The van der Waals surface area contributed by atoms with Crippen molar-refractivity contribution in [2.45, 2.75) is 57.9 Å². The van der Waals surface area contributed by atoms with Crippen LogP contribution in [0.4, 0.5) is 4.39 Å². The molecule has 2 N–H and O–H groups in total. The number of nitrogens with one attached hydrogen (secondary N) is 2. The van der Waals surface area contributed by atoms with Crippen molar-refractivity contribution in [1.29, 1.82) is 0 Å². The number of hydrogen-bond acceptors (Lipinski definition) is 6. The molecule has 2 heterocycles. The Bertz CT molecular complexity index is 1650. The predicted octanol–water partition coefficient (Wildman–Crippen LogP) is 6.52. The molecular formula is C32H33FN4O4. The highest BCUT2D eigenvalue weighted by molar-refractivity contribution is 6.11. The minimum absolute atomic E-state index is 0.107. The first kappa shape index (κ1) is 28.0. The minimum atomic E-state index is -0.831. The molecule has 2 aromatic heterocycles. The van der Waals surface area contributed by atoms with Crippen molar-refractivity contribution in [2.75, 3.05) is 7.05 Å². The zero-order valence-corrected chi connectivity index (χ0v) is 23.7. The molecule has 1 aliphatic rings. The Morgan fingerprint density at radius 2 is 1.93 bits per heavy atom. The standard InChI is InChI=1S/C32H33FN4O4/c1-6-18(2)23-16-26-25(27(30(39)34-5)28(41-26)19-10-12-22(33)13-11-19)15-24(23)20-8-7-9-21(14-20)29(38)36-32(3,4)31-35-17-40-37-31/h7,9-18,20H,6,8H2,1-5H3,(H,34,39)(H,36,38). The van der Waals surface area contributed by atoms with Crippen molar-refractivity contribution in [3.05, 3.63) is 94.9 Å². The van der Waals surface area contributed by atoms with Crippen molar-refractivity contribution in [2.24, 2.45) is 0 Å². The minimum Gasteiger partial charge on any atom is -0.455 e. The van der Waals surface area contributed by atoms with Crippen LogP contribution in [0, 0.1) is 5.82 Å². The number of rotatable bonds is 8. The second-order valence-corrected chi connectivity index (χ2v) is 10.9. The summed E-state index contributed by atoms with van der Waals surface area (Å²) in [6.07, 6.45) is 8.60. The lowest BCUT2D eigenvalue weighted by Gasteiger charge is -2.25. The van der Waals surface area contributed by atoms with Crippen LogP contribution in [0.5, 0.6) is 0 Å². The van der Waals surface area contributed by atoms with Gasteiger partial charge in [-0.1, -0.05) is 37.2 Å². The highest BCUT2D eigenvalue weighted by Gasteiger charge is 2.30. The summed E-state index contributed by atoms with van der Waals surface area (Å²) < 4.78 is 24.8. The van der Waals surface area contributed by atoms with Crippen LogP contribution in [0.25, 0.3) is 22.3 Å². The van der Waals surface area contributed by atoms with Crippen LogP contribution in [-0.2, 0) is 10.3 Å². The quantitative estimate of drug-likeness (QED) is 0.256. The van der Waals surface area contributed by atoms with Gasteiger partial charge in [0.05, 0.1) is 11.1 Å². The monoisotopic (exact) mass is 556 g/mol. The third-order valence-electron chi connectivity index (χ3n) is 7.67. The smallest absolute Gasteiger partial charge is 0.255 e. The fourth-order valence-corrected chi connectivity index (χ4v) is 5.21. The molecule has 8 nitrogen and oxygen atoms in total. The Balaban J connectivity index is 1.60. The highest BCUT2D eigenvalue weighted by atomic mass is 19.1. The van der Waals surface area contributed by atoms with Crippen molar-refractivity contribution in [3.8, 4) is 11.3 Å². The third-order valence-corrected chi connectivity index (χ3v) is 7.67. The number of aromatic nitrogens is 2. The van der Waals surface area contributed by atoms with E-state index in [0.29, 0.717) is 45.7 Å². The fraction of sp³-hybridized carbons (Fsp3) is 0.312. The van der Waals surface area contributed by atoms with E-state index >= 15 is 0 Å². The van der Waals surface area contributed by atoms with E-state index in [2.05, 4.69) is 34.6 Å². The largest absolute Gasteiger partial charge is 0.455 e. The van der Waals surface area contributed by atoms with Crippen molar-refractivity contribution >= 4 is 22.8 Å². The molecule has 0 aliphatic heterocycles. The number of fused-ring (bicyclic) bond motifs is 1. The number of allylic oxidation sites excluding steroid dienone is 2. The average molecular weight is 557 g/mol. The lowest BCUT2D eigenvalue weighted by molar-refractivity contribution is -0.118. The number of hydrogen-bond donors (Lipinski definition) is 2. The van der Waals surface area contributed by atoms with Gasteiger partial charge in [0.15, 0.2) is 5.82 Å². The Morgan fingerprint density at radius 1 is 1.17 bits per heavy atom. The molecule has 0 bridgehead atoms. The Hall–Kier alpha value is -4.53. The zero-order valence-electron chi connectivity index (χ0n) is 23.7. The van der Waals surface area contributed by atoms with Gasteiger partial charge in [-0.2, -0.15) is 4.98 Å². The number of carbonyl (C=O) groups excluding carboxylic acids is 2. The first-order valence-corrected chi connectivity index (χ1v) is 13.7. The van der Waals surface area contributed by atoms with Crippen molar-refractivity contribution < 1.29 is 22.9 Å². The molecule has 9 heteroatoms. The molecule has 0 radical (unpaired) electrons. The maximum atomic E-state index is 13.7. The van der Waals surface area contributed by atoms with E-state index in [1.54, 1.807) is 19.2 Å². The fourth-order valence-electron chi connectivity index (χ4n) is 5.21. The molecule has 0 saturated heterocycles. The van der Waals surface area contributed by atoms with Gasteiger partial charge in [-0.25, -0.2) is 4.39 Å². The summed E-state index contributed by atoms with van der Waals surface area (Å²) in [7, 11) is 1.57. The van der Waals surface area contributed by atoms with E-state index in [0.717, 1.165) is 17.5 Å². The van der Waals surface area contributed by atoms with E-state index in [-0.39, 0.29) is 29.5 Å². The van der Waals surface area contributed by atoms with Gasteiger partial charge in [-0.05, 0) is 80.1 Å². The molecule has 2 unspecified atom stereocenters. The summed E-state index contributed by atoms with van der Waals surface area (Å²) in [6.45, 7) is 7.90. The SMILES string of the molecule is CCC(C)c1cc2oc(-c3ccc(F)cc3)c(C(=O)NC)c2cc1C1C=C(C(=O)NC(C)(C)c2ncon2)C=CC1. The lowest BCUT2D eigenvalue weighted by Crippen LogP contribution is -2.42. The summed E-state index contributed by atoms with van der Waals surface area (Å²) in [5.74, 6) is -0.0612. The normalized spacial score (nSPS) is 16.0. The highest BCUT2D eigenvalue weighted by Crippen LogP contribution is 2.41. The summed E-state index contributed by atoms with van der Waals surface area (Å²) >= 11 is 0. The van der Waals surface area contributed by atoms with Crippen molar-refractivity contribution in [3.63, 3.8) is 0 Å². The van der Waals surface area contributed by atoms with Gasteiger partial charge in [0.1, 0.15) is 17.2 Å². The molecule has 2 atom stereocenters. The second-order valence-electron chi connectivity index (χ2n) is 10.9. The number of nitrogens with zero attached hydrogens (tertiary/aromatic N) is 2. The molecule has 5 rings (SSSR count). The molecule has 0 saturated carbocycles. The number of furan rings is 1. The zero-order chi connectivity index (χ0) is 29.3. The number of carbonyl (C=O) groups is 2. The Kier molecular flexibility index (Phi) is 7.62.